The molecule has 2 bridgehead atoms. The van der Waals surface area contributed by atoms with Crippen LogP contribution in [0.25, 0.3) is 0 Å². The van der Waals surface area contributed by atoms with Gasteiger partial charge in [-0.1, -0.05) is 6.92 Å². The molecule has 4 nitrogen and oxygen atoms in total. The van der Waals surface area contributed by atoms with Crippen LogP contribution in [0.1, 0.15) is 41.5 Å². The largest absolute Gasteiger partial charge is 0.459 e. The van der Waals surface area contributed by atoms with Crippen molar-refractivity contribution in [3.8, 4) is 0 Å². The van der Waals surface area contributed by atoms with Gasteiger partial charge in [-0.2, -0.15) is 0 Å². The van der Waals surface area contributed by atoms with Crippen molar-refractivity contribution < 1.29 is 14.6 Å². The minimum Gasteiger partial charge on any atom is -0.459 e. The van der Waals surface area contributed by atoms with E-state index in [2.05, 4.69) is 0 Å². The fourth-order valence-electron chi connectivity index (χ4n) is 6.03. The van der Waals surface area contributed by atoms with Gasteiger partial charge in [-0.25, -0.2) is 0 Å². The van der Waals surface area contributed by atoms with Gasteiger partial charge in [0.25, 0.3) is 0 Å². The van der Waals surface area contributed by atoms with Gasteiger partial charge in [0.05, 0.1) is 11.5 Å². The zero-order chi connectivity index (χ0) is 16.1. The minimum atomic E-state index is -0.610. The molecule has 1 aromatic carbocycles. The van der Waals surface area contributed by atoms with Gasteiger partial charge in [-0.05, 0) is 60.6 Å². The van der Waals surface area contributed by atoms with Crippen molar-refractivity contribution in [3.63, 3.8) is 0 Å². The van der Waals surface area contributed by atoms with Gasteiger partial charge in [0.2, 0.25) is 0 Å². The lowest BCUT2D eigenvalue weighted by Crippen LogP contribution is -2.67. The summed E-state index contributed by atoms with van der Waals surface area (Å²) in [5.41, 5.74) is 4.00. The molecule has 6 rings (SSSR count). The smallest absolute Gasteiger partial charge is 0.313 e. The molecule has 3 aliphatic carbocycles. The Kier molecular flexibility index (Phi) is 2.41. The molecular weight excluding hydrogens is 292 g/mol. The van der Waals surface area contributed by atoms with Gasteiger partial charge in [-0.3, -0.25) is 9.59 Å². The number of hydrogen-bond donors (Lipinski definition) is 1. The van der Waals surface area contributed by atoms with Crippen LogP contribution in [0.4, 0.5) is 0 Å². The minimum absolute atomic E-state index is 0.0519. The number of esters is 1. The number of carbonyl (C=O) groups excluding carboxylic acids is 1. The Balaban J connectivity index is 1.85. The van der Waals surface area contributed by atoms with E-state index in [1.54, 1.807) is 12.1 Å². The second-order valence-corrected chi connectivity index (χ2v) is 7.83. The highest BCUT2D eigenvalue weighted by atomic mass is 16.6. The van der Waals surface area contributed by atoms with Gasteiger partial charge in [0, 0.05) is 17.8 Å². The van der Waals surface area contributed by atoms with E-state index in [1.165, 1.54) is 11.1 Å². The van der Waals surface area contributed by atoms with Crippen LogP contribution in [0.2, 0.25) is 0 Å². The molecule has 0 aromatic heterocycles. The molecule has 1 saturated carbocycles. The molecule has 4 heteroatoms. The summed E-state index contributed by atoms with van der Waals surface area (Å²) in [6, 6.07) is 3.47. The Morgan fingerprint density at radius 1 is 1.30 bits per heavy atom. The van der Waals surface area contributed by atoms with Crippen molar-refractivity contribution in [1.29, 1.82) is 0 Å². The molecule has 2 saturated heterocycles. The Labute approximate surface area is 134 Å². The number of fused-ring (bicyclic) bond motifs is 2. The summed E-state index contributed by atoms with van der Waals surface area (Å²) < 4.78 is 5.67. The van der Waals surface area contributed by atoms with E-state index in [1.807, 2.05) is 13.8 Å². The van der Waals surface area contributed by atoms with E-state index in [4.69, 9.17) is 4.74 Å². The average molecular weight is 312 g/mol. The highest BCUT2D eigenvalue weighted by Gasteiger charge is 2.70. The van der Waals surface area contributed by atoms with Crippen molar-refractivity contribution >= 4 is 5.97 Å². The van der Waals surface area contributed by atoms with Crippen molar-refractivity contribution in [2.24, 2.45) is 17.3 Å². The summed E-state index contributed by atoms with van der Waals surface area (Å²) in [7, 11) is 0. The number of aryl methyl sites for hydroxylation is 2. The Hall–Kier alpha value is -1.68. The fourth-order valence-corrected chi connectivity index (χ4v) is 6.03. The summed E-state index contributed by atoms with van der Waals surface area (Å²) in [4.78, 5) is 24.9. The number of ether oxygens (including phenoxy) is 1. The normalized spacial score (nSPS) is 42.4. The molecule has 0 amide bonds. The molecule has 6 unspecified atom stereocenters. The number of hydrogen-bond acceptors (Lipinski definition) is 4. The van der Waals surface area contributed by atoms with Crippen LogP contribution in [0.5, 0.6) is 0 Å². The maximum Gasteiger partial charge on any atom is 0.313 e. The van der Waals surface area contributed by atoms with Crippen LogP contribution in [0.3, 0.4) is 0 Å². The molecular formula is C19H20O4. The lowest BCUT2D eigenvalue weighted by Gasteiger charge is -2.59. The third-order valence-corrected chi connectivity index (χ3v) is 7.07. The number of aliphatic hydroxyl groups is 1. The molecule has 1 N–H and O–H groups in total. The van der Waals surface area contributed by atoms with Crippen molar-refractivity contribution in [3.05, 3.63) is 44.6 Å². The highest BCUT2D eigenvalue weighted by molar-refractivity contribution is 5.83. The lowest BCUT2D eigenvalue weighted by atomic mass is 9.49. The fraction of sp³-hybridized carbons (Fsp3) is 0.579. The summed E-state index contributed by atoms with van der Waals surface area (Å²) in [5.74, 6) is 0.0405. The second-order valence-electron chi connectivity index (χ2n) is 7.83. The Morgan fingerprint density at radius 2 is 2.09 bits per heavy atom. The molecule has 23 heavy (non-hydrogen) atoms. The van der Waals surface area contributed by atoms with Crippen LogP contribution in [0.15, 0.2) is 16.9 Å². The number of aliphatic hydroxyl groups excluding tert-OH is 1. The second kappa shape index (κ2) is 4.04. The summed E-state index contributed by atoms with van der Waals surface area (Å²) in [6.07, 6.45) is 1.21. The first-order valence-corrected chi connectivity index (χ1v) is 8.51. The van der Waals surface area contributed by atoms with E-state index >= 15 is 0 Å². The Bertz CT molecular complexity index is 814. The summed E-state index contributed by atoms with van der Waals surface area (Å²) in [6.45, 7) is 3.98. The molecule has 2 heterocycles. The molecule has 3 fully saturated rings. The van der Waals surface area contributed by atoms with Gasteiger partial charge in [0.15, 0.2) is 5.43 Å². The maximum absolute atomic E-state index is 12.8. The molecule has 1 aromatic rings. The molecule has 2 aliphatic heterocycles. The van der Waals surface area contributed by atoms with Crippen LogP contribution in [0, 0.1) is 24.2 Å². The molecule has 1 spiro atoms. The predicted molar refractivity (Wildman–Crippen MR) is 83.2 cm³/mol. The van der Waals surface area contributed by atoms with Crippen LogP contribution < -0.4 is 5.43 Å². The van der Waals surface area contributed by atoms with E-state index in [0.717, 1.165) is 17.5 Å². The monoisotopic (exact) mass is 312 g/mol. The zero-order valence-electron chi connectivity index (χ0n) is 13.3. The Morgan fingerprint density at radius 3 is 2.87 bits per heavy atom. The average Bonchev–Trinajstić information content (AvgIpc) is 2.86. The molecule has 6 atom stereocenters. The topological polar surface area (TPSA) is 63.6 Å². The highest BCUT2D eigenvalue weighted by Crippen LogP contribution is 2.66. The van der Waals surface area contributed by atoms with Crippen molar-refractivity contribution in [2.45, 2.75) is 51.2 Å². The zero-order valence-corrected chi connectivity index (χ0v) is 13.3. The van der Waals surface area contributed by atoms with Crippen molar-refractivity contribution in [1.82, 2.24) is 0 Å². The van der Waals surface area contributed by atoms with E-state index < -0.39 is 17.6 Å². The summed E-state index contributed by atoms with van der Waals surface area (Å²) >= 11 is 0. The summed E-state index contributed by atoms with van der Waals surface area (Å²) in [5, 5.41) is 10.7. The third-order valence-electron chi connectivity index (χ3n) is 7.07. The first-order valence-electron chi connectivity index (χ1n) is 8.51. The molecule has 120 valence electrons. The van der Waals surface area contributed by atoms with E-state index in [0.29, 0.717) is 12.8 Å². The van der Waals surface area contributed by atoms with Gasteiger partial charge in [-0.15, -0.1) is 0 Å². The van der Waals surface area contributed by atoms with Crippen LogP contribution >= 0.6 is 0 Å². The van der Waals surface area contributed by atoms with Crippen LogP contribution in [-0.2, 0) is 22.4 Å². The third kappa shape index (κ3) is 1.38. The number of rotatable bonds is 0. The quantitative estimate of drug-likeness (QED) is 0.737. The lowest BCUT2D eigenvalue weighted by molar-refractivity contribution is -0.236. The molecule has 0 radical (unpaired) electrons. The van der Waals surface area contributed by atoms with Gasteiger partial charge in [0.1, 0.15) is 6.10 Å². The van der Waals surface area contributed by atoms with Crippen LogP contribution in [-0.4, -0.2) is 23.3 Å². The predicted octanol–water partition coefficient (Wildman–Crippen LogP) is 1.48. The standard InChI is InChI=1S/C19H20O4/c1-8-5-11(20)6-10-3-4-19-9(2)16(21)17(23-18(19)22)13-7-12(8)14(10)15(13)19/h5-6,9,13,15-17,21H,3-4,7H2,1-2H3. The van der Waals surface area contributed by atoms with E-state index in [9.17, 15) is 14.7 Å². The SMILES string of the molecule is Cc1cc(=O)cc2c3c1CC1C4OC(=O)C(CC2)(C(C)C4O)C31. The first kappa shape index (κ1) is 13.7. The van der Waals surface area contributed by atoms with Gasteiger partial charge < -0.3 is 9.84 Å². The van der Waals surface area contributed by atoms with Gasteiger partial charge >= 0.3 is 5.97 Å². The van der Waals surface area contributed by atoms with E-state index in [-0.39, 0.29) is 29.2 Å². The number of carbonyl (C=O) groups is 1. The maximum atomic E-state index is 12.8. The first-order chi connectivity index (χ1) is 10.9. The van der Waals surface area contributed by atoms with Crippen molar-refractivity contribution in [2.75, 3.05) is 0 Å². The molecule has 5 aliphatic rings.